The maximum Gasteiger partial charge on any atom is 0.305 e. The third kappa shape index (κ3) is 24.4. The zero-order chi connectivity index (χ0) is 18.1. The molecule has 0 aliphatic rings. The Labute approximate surface area is 176 Å². The summed E-state index contributed by atoms with van der Waals surface area (Å²) < 4.78 is 34.2. The first-order valence-electron chi connectivity index (χ1n) is 9.56. The van der Waals surface area contributed by atoms with Crippen molar-refractivity contribution in [2.75, 3.05) is 12.4 Å². The number of carbonyl (C=O) groups is 1. The van der Waals surface area contributed by atoms with Gasteiger partial charge in [-0.05, 0) is 6.42 Å². The van der Waals surface area contributed by atoms with Crippen molar-refractivity contribution in [3.05, 3.63) is 0 Å². The molecule has 145 valence electrons. The molecule has 1 N–H and O–H groups in total. The molecule has 5 nitrogen and oxygen atoms in total. The van der Waals surface area contributed by atoms with Crippen LogP contribution in [0.3, 0.4) is 0 Å². The normalized spacial score (nSPS) is 11.1. The molecule has 0 aromatic rings. The van der Waals surface area contributed by atoms with Gasteiger partial charge in [0, 0.05) is 36.0 Å². The van der Waals surface area contributed by atoms with Crippen LogP contribution in [0.2, 0.25) is 0 Å². The number of ether oxygens (including phenoxy) is 1. The Morgan fingerprint density at radius 1 is 0.800 bits per heavy atom. The zero-order valence-corrected chi connectivity index (χ0v) is 19.1. The molecule has 0 aliphatic carbocycles. The number of esters is 1. The van der Waals surface area contributed by atoms with Gasteiger partial charge in [0.2, 0.25) is 0 Å². The summed E-state index contributed by atoms with van der Waals surface area (Å²) in [5, 5.41) is 0. The molecule has 0 spiro atoms. The minimum absolute atomic E-state index is 0. The molecule has 0 saturated carbocycles. The summed E-state index contributed by atoms with van der Waals surface area (Å²) in [7, 11) is -4.05. The summed E-state index contributed by atoms with van der Waals surface area (Å²) in [5.74, 6) is -0.918. The topological polar surface area (TPSA) is 80.7 Å². The van der Waals surface area contributed by atoms with Crippen LogP contribution in [0, 0.1) is 0 Å². The molecule has 0 aliphatic heterocycles. The Bertz CT molecular complexity index is 398. The standard InChI is InChI=1S/C18H36O5S.Na/c1-2-3-4-5-6-7-8-9-10-11-12-13-14-15-18(19)23-16-17-24(20,21)22;/h2-17H2,1H3,(H,20,21,22);. The van der Waals surface area contributed by atoms with Crippen molar-refractivity contribution >= 4 is 45.6 Å². The summed E-state index contributed by atoms with van der Waals surface area (Å²) in [6.45, 7) is 1.98. The summed E-state index contributed by atoms with van der Waals surface area (Å²) in [4.78, 5) is 11.3. The van der Waals surface area contributed by atoms with Gasteiger partial charge in [0.15, 0.2) is 0 Å². The SMILES string of the molecule is CCCCCCCCCCCCCCCC(=O)OCCS(=O)(=O)O.[Na]. The van der Waals surface area contributed by atoms with Gasteiger partial charge in [0.25, 0.3) is 10.1 Å². The number of unbranched alkanes of at least 4 members (excludes halogenated alkanes) is 12. The molecule has 0 aromatic carbocycles. The smallest absolute Gasteiger partial charge is 0.305 e. The van der Waals surface area contributed by atoms with Crippen LogP contribution >= 0.6 is 0 Å². The van der Waals surface area contributed by atoms with Gasteiger partial charge in [0.1, 0.15) is 12.4 Å². The second kappa shape index (κ2) is 19.2. The van der Waals surface area contributed by atoms with E-state index in [0.29, 0.717) is 6.42 Å². The van der Waals surface area contributed by atoms with Crippen LogP contribution < -0.4 is 0 Å². The predicted octanol–water partition coefficient (Wildman–Crippen LogP) is 4.52. The van der Waals surface area contributed by atoms with Gasteiger partial charge in [-0.15, -0.1) is 0 Å². The van der Waals surface area contributed by atoms with E-state index in [2.05, 4.69) is 6.92 Å². The van der Waals surface area contributed by atoms with Crippen molar-refractivity contribution in [3.63, 3.8) is 0 Å². The molecule has 0 heterocycles. The average Bonchev–Trinajstić information content (AvgIpc) is 2.50. The van der Waals surface area contributed by atoms with Crippen molar-refractivity contribution in [2.45, 2.75) is 96.8 Å². The first-order valence-corrected chi connectivity index (χ1v) is 11.2. The van der Waals surface area contributed by atoms with E-state index in [1.165, 1.54) is 64.2 Å². The zero-order valence-electron chi connectivity index (χ0n) is 16.3. The van der Waals surface area contributed by atoms with Crippen LogP contribution in [0.4, 0.5) is 0 Å². The van der Waals surface area contributed by atoms with E-state index in [9.17, 15) is 13.2 Å². The Kier molecular flexibility index (Phi) is 21.1. The predicted molar refractivity (Wildman–Crippen MR) is 103 cm³/mol. The van der Waals surface area contributed by atoms with E-state index >= 15 is 0 Å². The summed E-state index contributed by atoms with van der Waals surface area (Å²) in [6, 6.07) is 0. The van der Waals surface area contributed by atoms with E-state index in [1.54, 1.807) is 0 Å². The third-order valence-electron chi connectivity index (χ3n) is 4.09. The fourth-order valence-electron chi connectivity index (χ4n) is 2.62. The van der Waals surface area contributed by atoms with E-state index in [0.717, 1.165) is 19.3 Å². The maximum atomic E-state index is 11.3. The third-order valence-corrected chi connectivity index (χ3v) is 4.77. The maximum absolute atomic E-state index is 11.3. The minimum Gasteiger partial charge on any atom is -0.464 e. The number of rotatable bonds is 17. The Morgan fingerprint density at radius 3 is 1.60 bits per heavy atom. The number of hydrogen-bond acceptors (Lipinski definition) is 4. The van der Waals surface area contributed by atoms with Crippen LogP contribution in [0.25, 0.3) is 0 Å². The van der Waals surface area contributed by atoms with Crippen LogP contribution in [-0.2, 0) is 19.6 Å². The molecular weight excluding hydrogens is 351 g/mol. The molecule has 0 fully saturated rings. The molecule has 0 rings (SSSR count). The summed E-state index contributed by atoms with van der Waals surface area (Å²) in [5.41, 5.74) is 0. The van der Waals surface area contributed by atoms with Gasteiger partial charge in [-0.1, -0.05) is 84.0 Å². The Hall–Kier alpha value is 0.380. The van der Waals surface area contributed by atoms with E-state index in [4.69, 9.17) is 9.29 Å². The molecule has 1 radical (unpaired) electrons. The monoisotopic (exact) mass is 387 g/mol. The molecule has 0 amide bonds. The quantitative estimate of drug-likeness (QED) is 0.172. The minimum atomic E-state index is -4.05. The van der Waals surface area contributed by atoms with Crippen molar-refractivity contribution in [1.29, 1.82) is 0 Å². The van der Waals surface area contributed by atoms with E-state index in [-0.39, 0.29) is 42.1 Å². The van der Waals surface area contributed by atoms with Gasteiger partial charge in [-0.2, -0.15) is 8.42 Å². The molecular formula is C18H36NaO5S. The molecule has 7 heteroatoms. The Morgan fingerprint density at radius 2 is 1.20 bits per heavy atom. The van der Waals surface area contributed by atoms with Gasteiger partial charge < -0.3 is 4.74 Å². The van der Waals surface area contributed by atoms with Crippen LogP contribution in [0.1, 0.15) is 96.8 Å². The van der Waals surface area contributed by atoms with Crippen LogP contribution in [-0.4, -0.2) is 60.9 Å². The Balaban J connectivity index is 0. The van der Waals surface area contributed by atoms with Gasteiger partial charge in [-0.3, -0.25) is 9.35 Å². The van der Waals surface area contributed by atoms with Crippen molar-refractivity contribution in [1.82, 2.24) is 0 Å². The fourth-order valence-corrected chi connectivity index (χ4v) is 2.91. The van der Waals surface area contributed by atoms with E-state index < -0.39 is 15.9 Å². The second-order valence-electron chi connectivity index (χ2n) is 6.50. The van der Waals surface area contributed by atoms with Crippen molar-refractivity contribution < 1.29 is 22.5 Å². The van der Waals surface area contributed by atoms with Crippen LogP contribution in [0.15, 0.2) is 0 Å². The second-order valence-corrected chi connectivity index (χ2v) is 8.07. The molecule has 25 heavy (non-hydrogen) atoms. The number of hydrogen-bond donors (Lipinski definition) is 1. The van der Waals surface area contributed by atoms with Gasteiger partial charge in [-0.25, -0.2) is 0 Å². The molecule has 0 bridgehead atoms. The summed E-state index contributed by atoms with van der Waals surface area (Å²) in [6.07, 6.45) is 16.6. The van der Waals surface area contributed by atoms with Gasteiger partial charge >= 0.3 is 5.97 Å². The first kappa shape index (κ1) is 27.6. The largest absolute Gasteiger partial charge is 0.464 e. The van der Waals surface area contributed by atoms with E-state index in [1.807, 2.05) is 0 Å². The average molecular weight is 388 g/mol. The van der Waals surface area contributed by atoms with Crippen molar-refractivity contribution in [3.8, 4) is 0 Å². The molecule has 0 aromatic heterocycles. The fraction of sp³-hybridized carbons (Fsp3) is 0.944. The van der Waals surface area contributed by atoms with Gasteiger partial charge in [0.05, 0.1) is 0 Å². The summed E-state index contributed by atoms with van der Waals surface area (Å²) >= 11 is 0. The van der Waals surface area contributed by atoms with Crippen molar-refractivity contribution in [2.24, 2.45) is 0 Å². The number of carbonyl (C=O) groups excluding carboxylic acids is 1. The molecule has 0 atom stereocenters. The van der Waals surface area contributed by atoms with Crippen LogP contribution in [0.5, 0.6) is 0 Å². The molecule has 0 saturated heterocycles. The first-order chi connectivity index (χ1) is 11.5. The molecule has 0 unspecified atom stereocenters.